The molecule has 90 valence electrons. The first kappa shape index (κ1) is 11.3. The molecule has 0 spiro atoms. The van der Waals surface area contributed by atoms with Gasteiger partial charge in [0.2, 0.25) is 0 Å². The molecule has 2 N–H and O–H groups in total. The molecule has 1 saturated heterocycles. The summed E-state index contributed by atoms with van der Waals surface area (Å²) in [7, 11) is 0. The number of aliphatic hydroxyl groups is 1. The second-order valence-electron chi connectivity index (χ2n) is 3.70. The molecule has 1 aliphatic heterocycles. The van der Waals surface area contributed by atoms with Gasteiger partial charge in [0.05, 0.1) is 0 Å². The molecule has 0 bridgehead atoms. The zero-order valence-electron chi connectivity index (χ0n) is 8.21. The number of aromatic nitrogens is 2. The maximum absolute atomic E-state index is 12.2. The fourth-order valence-corrected chi connectivity index (χ4v) is 1.58. The molecule has 1 fully saturated rings. The molecular formula is C8H10F3N3O2. The summed E-state index contributed by atoms with van der Waals surface area (Å²) in [6, 6.07) is 0. The number of rotatable bonds is 1. The van der Waals surface area contributed by atoms with Crippen LogP contribution in [-0.4, -0.2) is 28.3 Å². The predicted octanol–water partition coefficient (Wildman–Crippen LogP) is 0.659. The highest BCUT2D eigenvalue weighted by Crippen LogP contribution is 2.32. The van der Waals surface area contributed by atoms with Gasteiger partial charge in [0.15, 0.2) is 0 Å². The summed E-state index contributed by atoms with van der Waals surface area (Å²) in [4.78, 5) is 3.20. The lowest BCUT2D eigenvalue weighted by atomic mass is 9.92. The van der Waals surface area contributed by atoms with Crippen molar-refractivity contribution in [3.63, 3.8) is 0 Å². The molecule has 0 radical (unpaired) electrons. The van der Waals surface area contributed by atoms with Crippen molar-refractivity contribution in [2.75, 3.05) is 13.1 Å². The quantitative estimate of drug-likeness (QED) is 0.750. The lowest BCUT2D eigenvalue weighted by Crippen LogP contribution is -2.40. The van der Waals surface area contributed by atoms with Gasteiger partial charge in [-0.25, -0.2) is 0 Å². The second-order valence-corrected chi connectivity index (χ2v) is 3.70. The van der Waals surface area contributed by atoms with Crippen LogP contribution in [0.3, 0.4) is 0 Å². The van der Waals surface area contributed by atoms with Crippen molar-refractivity contribution < 1.29 is 22.8 Å². The Hall–Kier alpha value is -1.15. The smallest absolute Gasteiger partial charge is 0.380 e. The van der Waals surface area contributed by atoms with E-state index in [1.54, 1.807) is 0 Å². The van der Waals surface area contributed by atoms with Crippen molar-refractivity contribution in [3.05, 3.63) is 11.7 Å². The van der Waals surface area contributed by atoms with Crippen molar-refractivity contribution in [2.45, 2.75) is 24.6 Å². The monoisotopic (exact) mass is 237 g/mol. The van der Waals surface area contributed by atoms with E-state index in [4.69, 9.17) is 0 Å². The maximum atomic E-state index is 12.2. The Morgan fingerprint density at radius 3 is 2.44 bits per heavy atom. The highest BCUT2D eigenvalue weighted by molar-refractivity contribution is 5.02. The number of piperidine rings is 1. The van der Waals surface area contributed by atoms with Gasteiger partial charge in [-0.05, 0) is 25.9 Å². The fraction of sp³-hybridized carbons (Fsp3) is 0.750. The summed E-state index contributed by atoms with van der Waals surface area (Å²) >= 11 is 0. The second kappa shape index (κ2) is 3.70. The van der Waals surface area contributed by atoms with Crippen LogP contribution in [0.2, 0.25) is 0 Å². The molecule has 1 aromatic rings. The van der Waals surface area contributed by atoms with E-state index in [0.29, 0.717) is 13.1 Å². The molecule has 0 amide bonds. The minimum Gasteiger partial charge on any atom is -0.380 e. The average Bonchev–Trinajstić information content (AvgIpc) is 2.67. The number of hydrogen-bond donors (Lipinski definition) is 2. The maximum Gasteiger partial charge on any atom is 0.455 e. The molecule has 0 aliphatic carbocycles. The minimum atomic E-state index is -4.65. The SMILES string of the molecule is OC1(c2nc(C(F)(F)F)no2)CCNCC1. The van der Waals surface area contributed by atoms with Gasteiger partial charge in [0.1, 0.15) is 5.60 Å². The van der Waals surface area contributed by atoms with Gasteiger partial charge < -0.3 is 14.9 Å². The van der Waals surface area contributed by atoms with E-state index < -0.39 is 17.6 Å². The Labute approximate surface area is 88.6 Å². The summed E-state index contributed by atoms with van der Waals surface area (Å²) in [5.74, 6) is -1.71. The van der Waals surface area contributed by atoms with Crippen LogP contribution in [0.5, 0.6) is 0 Å². The van der Waals surface area contributed by atoms with Crippen molar-refractivity contribution in [3.8, 4) is 0 Å². The third-order valence-electron chi connectivity index (χ3n) is 2.51. The molecule has 1 aromatic heterocycles. The van der Waals surface area contributed by atoms with Crippen molar-refractivity contribution in [1.29, 1.82) is 0 Å². The Bertz CT molecular complexity index is 371. The van der Waals surface area contributed by atoms with Gasteiger partial charge in [-0.15, -0.1) is 0 Å². The van der Waals surface area contributed by atoms with Gasteiger partial charge in [-0.2, -0.15) is 18.2 Å². The minimum absolute atomic E-state index is 0.256. The van der Waals surface area contributed by atoms with Crippen LogP contribution < -0.4 is 5.32 Å². The van der Waals surface area contributed by atoms with E-state index in [0.717, 1.165) is 0 Å². The molecule has 2 heterocycles. The average molecular weight is 237 g/mol. The summed E-state index contributed by atoms with van der Waals surface area (Å²) in [6.07, 6.45) is -4.13. The first-order valence-corrected chi connectivity index (χ1v) is 4.76. The largest absolute Gasteiger partial charge is 0.455 e. The lowest BCUT2D eigenvalue weighted by Gasteiger charge is -2.28. The van der Waals surface area contributed by atoms with Crippen LogP contribution in [-0.2, 0) is 11.8 Å². The van der Waals surface area contributed by atoms with Gasteiger partial charge >= 0.3 is 6.18 Å². The third kappa shape index (κ3) is 2.03. The van der Waals surface area contributed by atoms with E-state index >= 15 is 0 Å². The predicted molar refractivity (Wildman–Crippen MR) is 45.3 cm³/mol. The summed E-state index contributed by atoms with van der Waals surface area (Å²) in [5.41, 5.74) is -1.44. The molecule has 1 aliphatic rings. The standard InChI is InChI=1S/C8H10F3N3O2/c9-8(10,11)5-13-6(16-14-5)7(15)1-3-12-4-2-7/h12,15H,1-4H2. The van der Waals surface area contributed by atoms with Crippen molar-refractivity contribution >= 4 is 0 Å². The molecule has 8 heteroatoms. The highest BCUT2D eigenvalue weighted by Gasteiger charge is 2.42. The van der Waals surface area contributed by atoms with E-state index in [2.05, 4.69) is 20.0 Å². The number of nitrogens with zero attached hydrogens (tertiary/aromatic N) is 2. The van der Waals surface area contributed by atoms with Gasteiger partial charge in [-0.1, -0.05) is 5.16 Å². The lowest BCUT2D eigenvalue weighted by molar-refractivity contribution is -0.146. The van der Waals surface area contributed by atoms with E-state index in [1.807, 2.05) is 0 Å². The van der Waals surface area contributed by atoms with Gasteiger partial charge in [-0.3, -0.25) is 0 Å². The summed E-state index contributed by atoms with van der Waals surface area (Å²) in [6.45, 7) is 1.00. The number of alkyl halides is 3. The zero-order chi connectivity index (χ0) is 11.8. The Morgan fingerprint density at radius 1 is 1.31 bits per heavy atom. The topological polar surface area (TPSA) is 71.2 Å². The number of nitrogens with one attached hydrogen (secondary N) is 1. The molecular weight excluding hydrogens is 227 g/mol. The first-order valence-electron chi connectivity index (χ1n) is 4.76. The third-order valence-corrected chi connectivity index (χ3v) is 2.51. The fourth-order valence-electron chi connectivity index (χ4n) is 1.58. The van der Waals surface area contributed by atoms with Crippen LogP contribution >= 0.6 is 0 Å². The summed E-state index contributed by atoms with van der Waals surface area (Å²) < 4.78 is 41.1. The highest BCUT2D eigenvalue weighted by atomic mass is 19.4. The molecule has 2 rings (SSSR count). The number of hydrogen-bond acceptors (Lipinski definition) is 5. The Morgan fingerprint density at radius 2 is 1.94 bits per heavy atom. The van der Waals surface area contributed by atoms with Crippen LogP contribution in [0.15, 0.2) is 4.52 Å². The van der Waals surface area contributed by atoms with Crippen LogP contribution in [0.4, 0.5) is 13.2 Å². The Kier molecular flexibility index (Phi) is 2.62. The molecule has 0 aromatic carbocycles. The van der Waals surface area contributed by atoms with E-state index in [1.165, 1.54) is 0 Å². The molecule has 16 heavy (non-hydrogen) atoms. The van der Waals surface area contributed by atoms with Crippen molar-refractivity contribution in [1.82, 2.24) is 15.5 Å². The Balaban J connectivity index is 2.24. The molecule has 0 atom stereocenters. The summed E-state index contributed by atoms with van der Waals surface area (Å²) in [5, 5.41) is 15.8. The molecule has 0 unspecified atom stereocenters. The molecule has 5 nitrogen and oxygen atoms in total. The van der Waals surface area contributed by atoms with Crippen molar-refractivity contribution in [2.24, 2.45) is 0 Å². The van der Waals surface area contributed by atoms with Crippen LogP contribution in [0.25, 0.3) is 0 Å². The first-order chi connectivity index (χ1) is 7.42. The van der Waals surface area contributed by atoms with E-state index in [9.17, 15) is 18.3 Å². The van der Waals surface area contributed by atoms with Gasteiger partial charge in [0.25, 0.3) is 11.7 Å². The number of halogens is 3. The molecule has 0 saturated carbocycles. The normalized spacial score (nSPS) is 21.0. The zero-order valence-corrected chi connectivity index (χ0v) is 8.21. The van der Waals surface area contributed by atoms with Crippen LogP contribution in [0, 0.1) is 0 Å². The van der Waals surface area contributed by atoms with Gasteiger partial charge in [0, 0.05) is 0 Å². The van der Waals surface area contributed by atoms with Crippen LogP contribution in [0.1, 0.15) is 24.6 Å². The van der Waals surface area contributed by atoms with E-state index in [-0.39, 0.29) is 18.7 Å².